The van der Waals surface area contributed by atoms with Gasteiger partial charge in [0.25, 0.3) is 0 Å². The Kier molecular flexibility index (Phi) is 17.3. The minimum Gasteiger partial charge on any atom is -0.309 e. The van der Waals surface area contributed by atoms with Gasteiger partial charge in [-0.2, -0.15) is 0 Å². The second-order valence-electron chi connectivity index (χ2n) is 44.3. The van der Waals surface area contributed by atoms with Crippen molar-refractivity contribution in [1.29, 1.82) is 0 Å². The third-order valence-electron chi connectivity index (χ3n) is 35.0. The van der Waals surface area contributed by atoms with E-state index < -0.39 is 0 Å². The second kappa shape index (κ2) is 30.6. The van der Waals surface area contributed by atoms with Crippen LogP contribution in [0.25, 0.3) is 266 Å². The molecular weight excluding hydrogens is 1820 g/mol. The van der Waals surface area contributed by atoms with E-state index in [0.717, 1.165) is 150 Å². The number of hydrogen-bond acceptors (Lipinski definition) is 2. The minimum absolute atomic E-state index is 0.158. The van der Waals surface area contributed by atoms with E-state index in [9.17, 15) is 0 Å². The Morgan fingerprint density at radius 1 is 0.140 bits per heavy atom. The highest BCUT2D eigenvalue weighted by Gasteiger charge is 2.41. The lowest BCUT2D eigenvalue weighted by molar-refractivity contribution is 0.660. The number of rotatable bonds is 11. The van der Waals surface area contributed by atoms with E-state index in [-0.39, 0.29) is 21.7 Å². The Bertz CT molecular complexity index is 9730. The fourth-order valence-electron chi connectivity index (χ4n) is 27.7. The molecule has 0 spiro atoms. The summed E-state index contributed by atoms with van der Waals surface area (Å²) in [5, 5.41) is 14.1. The number of para-hydroxylation sites is 4. The first kappa shape index (κ1) is 84.8. The zero-order chi connectivity index (χ0) is 99.5. The molecule has 150 heavy (non-hydrogen) atoms. The van der Waals surface area contributed by atoms with Gasteiger partial charge in [-0.1, -0.05) is 328 Å². The molecule has 4 aliphatic rings. The molecule has 0 saturated carbocycles. The molecule has 32 rings (SSSR count). The largest absolute Gasteiger partial charge is 0.309 e. The van der Waals surface area contributed by atoms with Crippen molar-refractivity contribution in [3.05, 3.63) is 493 Å². The molecule has 0 unspecified atom stereocenters. The number of benzene rings is 21. The van der Waals surface area contributed by atoms with Crippen LogP contribution in [0.5, 0.6) is 0 Å². The first-order valence-electron chi connectivity index (χ1n) is 52.6. The van der Waals surface area contributed by atoms with Crippen LogP contribution in [-0.4, -0.2) is 37.4 Å². The molecule has 7 heterocycles. The third-order valence-corrected chi connectivity index (χ3v) is 35.0. The van der Waals surface area contributed by atoms with Crippen LogP contribution in [0.1, 0.15) is 99.9 Å². The first-order valence-corrected chi connectivity index (χ1v) is 52.6. The smallest absolute Gasteiger partial charge is 0.163 e. The van der Waals surface area contributed by atoms with E-state index in [4.69, 9.17) is 9.97 Å². The summed E-state index contributed by atoms with van der Waals surface area (Å²) in [5.41, 5.74) is 48.7. The molecule has 0 atom stereocenters. The number of aromatic nitrogens is 8. The van der Waals surface area contributed by atoms with E-state index >= 15 is 0 Å². The van der Waals surface area contributed by atoms with E-state index in [1.54, 1.807) is 0 Å². The van der Waals surface area contributed by atoms with Crippen molar-refractivity contribution in [3.8, 4) is 135 Å². The van der Waals surface area contributed by atoms with Crippen molar-refractivity contribution in [2.24, 2.45) is 0 Å². The quantitative estimate of drug-likeness (QED) is 0.130. The van der Waals surface area contributed by atoms with Crippen LogP contribution in [-0.2, 0) is 21.7 Å². The fraction of sp³-hybridized carbons (Fsp3) is 0.0845. The van der Waals surface area contributed by atoms with Crippen LogP contribution >= 0.6 is 0 Å². The molecule has 0 aliphatic heterocycles. The highest BCUT2D eigenvalue weighted by Crippen LogP contribution is 2.57. The number of fused-ring (bicyclic) bond motifs is 30. The molecule has 0 saturated heterocycles. The Morgan fingerprint density at radius 2 is 0.333 bits per heavy atom. The average Bonchev–Trinajstić information content (AvgIpc) is 1.58. The van der Waals surface area contributed by atoms with Crippen LogP contribution < -0.4 is 0 Å². The van der Waals surface area contributed by atoms with Gasteiger partial charge in [-0.15, -0.1) is 0 Å². The molecule has 0 fully saturated rings. The van der Waals surface area contributed by atoms with Crippen LogP contribution in [0.15, 0.2) is 449 Å². The molecule has 0 radical (unpaired) electrons. The zero-order valence-corrected chi connectivity index (χ0v) is 84.3. The van der Waals surface area contributed by atoms with Gasteiger partial charge in [-0.3, -0.25) is 9.13 Å². The van der Waals surface area contributed by atoms with Gasteiger partial charge in [0.15, 0.2) is 5.82 Å². The molecule has 0 amide bonds. The standard InChI is InChI=1S/C142H98N8/c1-139(2)116-38-20-12-30-96(116)100-58-54-92(78-120(100)139)145-124-42-24-16-34-104(124)108-70-84(46-62-128(108)145)88-50-66-132-112(74-88)113-75-89(85-47-63-129-109(71-85)105-35-17-25-43-125(105)146(129)93-55-59-101-97-31-13-21-39-117(97)140(3,4)121(101)79-93)51-67-133(113)149(132)136-82-137(144-138(143-136)83-28-10-9-11-29-83)150-134-68-52-90(86-48-64-130-110(72-86)106-36-18-26-44-126(106)147(130)94-56-60-102-98-32-14-22-40-118(98)141(5,6)122(102)80-94)76-114(134)115-77-91(53-69-135(115)150)87-49-65-131-111(73-87)107-37-19-27-45-127(107)148(131)95-57-61-103-99-33-15-23-41-119(99)142(7,8)123(103)81-95/h9-82H,1-8H3. The van der Waals surface area contributed by atoms with Crippen molar-refractivity contribution in [1.82, 2.24) is 37.4 Å². The summed E-state index contributed by atoms with van der Waals surface area (Å²) in [7, 11) is 0. The zero-order valence-electron chi connectivity index (χ0n) is 84.3. The lowest BCUT2D eigenvalue weighted by Crippen LogP contribution is -2.15. The fourth-order valence-corrected chi connectivity index (χ4v) is 27.7. The van der Waals surface area contributed by atoms with Crippen LogP contribution in [0.4, 0.5) is 0 Å². The highest BCUT2D eigenvalue weighted by molar-refractivity contribution is 6.19. The van der Waals surface area contributed by atoms with Crippen molar-refractivity contribution in [2.75, 3.05) is 0 Å². The van der Waals surface area contributed by atoms with Crippen molar-refractivity contribution in [2.45, 2.75) is 77.0 Å². The molecule has 706 valence electrons. The van der Waals surface area contributed by atoms with E-state index in [2.05, 4.69) is 532 Å². The summed E-state index contributed by atoms with van der Waals surface area (Å²) in [6.45, 7) is 19.0. The highest BCUT2D eigenvalue weighted by atomic mass is 15.1. The first-order chi connectivity index (χ1) is 73.4. The van der Waals surface area contributed by atoms with Crippen molar-refractivity contribution >= 4 is 131 Å². The Labute approximate surface area is 867 Å². The Balaban J connectivity index is 0.586. The summed E-state index contributed by atoms with van der Waals surface area (Å²) in [5.74, 6) is 2.09. The van der Waals surface area contributed by atoms with E-state index in [1.807, 2.05) is 0 Å². The van der Waals surface area contributed by atoms with Gasteiger partial charge in [-0.05, 0) is 303 Å². The van der Waals surface area contributed by atoms with E-state index in [1.165, 1.54) is 154 Å². The predicted octanol–water partition coefficient (Wildman–Crippen LogP) is 36.6. The third kappa shape index (κ3) is 11.8. The number of nitrogens with zero attached hydrogens (tertiary/aromatic N) is 8. The summed E-state index contributed by atoms with van der Waals surface area (Å²) < 4.78 is 14.7. The molecule has 0 bridgehead atoms. The molecule has 0 N–H and O–H groups in total. The summed E-state index contributed by atoms with van der Waals surface area (Å²) in [6.07, 6.45) is 0. The molecule has 4 aliphatic carbocycles. The summed E-state index contributed by atoms with van der Waals surface area (Å²) in [6, 6.07) is 170. The molecule has 7 aromatic heterocycles. The van der Waals surface area contributed by atoms with E-state index in [0.29, 0.717) is 5.82 Å². The minimum atomic E-state index is -0.158. The molecule has 21 aromatic carbocycles. The van der Waals surface area contributed by atoms with Crippen molar-refractivity contribution in [3.63, 3.8) is 0 Å². The molecular formula is C142H98N8. The van der Waals surface area contributed by atoms with Crippen LogP contribution in [0.2, 0.25) is 0 Å². The van der Waals surface area contributed by atoms with Gasteiger partial charge in [0.05, 0.1) is 66.2 Å². The average molecular weight is 1920 g/mol. The van der Waals surface area contributed by atoms with Gasteiger partial charge in [0.2, 0.25) is 0 Å². The normalized spacial score (nSPS) is 14.2. The monoisotopic (exact) mass is 1910 g/mol. The lowest BCUT2D eigenvalue weighted by Gasteiger charge is -2.22. The van der Waals surface area contributed by atoms with Crippen LogP contribution in [0.3, 0.4) is 0 Å². The topological polar surface area (TPSA) is 55.4 Å². The van der Waals surface area contributed by atoms with Gasteiger partial charge in [-0.25, -0.2) is 9.97 Å². The van der Waals surface area contributed by atoms with Gasteiger partial charge in [0.1, 0.15) is 11.6 Å². The van der Waals surface area contributed by atoms with Gasteiger partial charge >= 0.3 is 0 Å². The maximum absolute atomic E-state index is 5.87. The maximum Gasteiger partial charge on any atom is 0.163 e. The Hall–Kier alpha value is -18.5. The SMILES string of the molecule is CC1(C)c2ccccc2-c2ccc(-n3c4ccccc4c4cc(-c5ccc6c(c5)c5cc(-c7ccc8c(c7)c7ccccc7n8-c7ccc8c(c7)C(C)(C)c7ccccc7-8)ccc5n6-c5cc(-n6c7ccc(-c8ccc9c(c8)c8ccccc8n9-c8ccc9c(c8)C(C)(C)c8ccccc8-9)cc7c7cc(-c8ccc9c(c8)c8ccccc8n9-c8ccc9c(c8)C(C)(C)c8ccccc8-9)ccc76)nc(-c6ccccc6)n5)ccc43)cc21. The second-order valence-corrected chi connectivity index (χ2v) is 44.3. The summed E-state index contributed by atoms with van der Waals surface area (Å²) in [4.78, 5) is 11.7. The predicted molar refractivity (Wildman–Crippen MR) is 626 cm³/mol. The number of hydrogen-bond donors (Lipinski definition) is 0. The maximum atomic E-state index is 5.87. The summed E-state index contributed by atoms with van der Waals surface area (Å²) >= 11 is 0. The lowest BCUT2D eigenvalue weighted by atomic mass is 9.82. The van der Waals surface area contributed by atoms with Crippen molar-refractivity contribution < 1.29 is 0 Å². The Morgan fingerprint density at radius 3 is 0.580 bits per heavy atom. The molecule has 8 nitrogen and oxygen atoms in total. The molecule has 28 aromatic rings. The molecule has 8 heteroatoms. The van der Waals surface area contributed by atoms with Gasteiger partial charge < -0.3 is 18.3 Å². The van der Waals surface area contributed by atoms with Gasteiger partial charge in [0, 0.05) is 121 Å². The van der Waals surface area contributed by atoms with Crippen LogP contribution in [0, 0.1) is 0 Å².